The number of hydrogen-bond acceptors (Lipinski definition) is 1. The highest BCUT2D eigenvalue weighted by atomic mass is 79.9. The lowest BCUT2D eigenvalue weighted by atomic mass is 10.1. The SMILES string of the molecule is Cc1cc(F)ccc1C(=O)C(F)(F)Br. The van der Waals surface area contributed by atoms with Crippen LogP contribution in [0.4, 0.5) is 13.2 Å². The third-order valence-corrected chi connectivity index (χ3v) is 2.05. The molecule has 0 aliphatic rings. The summed E-state index contributed by atoms with van der Waals surface area (Å²) >= 11 is 1.96. The van der Waals surface area contributed by atoms with Crippen molar-refractivity contribution in [2.45, 2.75) is 11.8 Å². The molecule has 0 radical (unpaired) electrons. The molecule has 1 aromatic carbocycles. The van der Waals surface area contributed by atoms with E-state index in [1.807, 2.05) is 15.9 Å². The highest BCUT2D eigenvalue weighted by Crippen LogP contribution is 2.28. The second-order valence-corrected chi connectivity index (χ2v) is 3.78. The summed E-state index contributed by atoms with van der Waals surface area (Å²) in [5.74, 6) is -1.92. The first-order valence-electron chi connectivity index (χ1n) is 3.70. The van der Waals surface area contributed by atoms with Crippen LogP contribution in [0.1, 0.15) is 15.9 Å². The number of aryl methyl sites for hydroxylation is 1. The summed E-state index contributed by atoms with van der Waals surface area (Å²) in [5.41, 5.74) is 0.00222. The van der Waals surface area contributed by atoms with Gasteiger partial charge in [-0.1, -0.05) is 0 Å². The van der Waals surface area contributed by atoms with E-state index in [1.165, 1.54) is 6.92 Å². The van der Waals surface area contributed by atoms with Crippen molar-refractivity contribution in [3.63, 3.8) is 0 Å². The fourth-order valence-electron chi connectivity index (χ4n) is 1.03. The Labute approximate surface area is 87.1 Å². The predicted molar refractivity (Wildman–Crippen MR) is 49.3 cm³/mol. The molecule has 0 aromatic heterocycles. The maximum Gasteiger partial charge on any atom is 0.363 e. The number of carbonyl (C=O) groups is 1. The van der Waals surface area contributed by atoms with Gasteiger partial charge < -0.3 is 0 Å². The normalized spacial score (nSPS) is 11.5. The van der Waals surface area contributed by atoms with Crippen molar-refractivity contribution in [1.82, 2.24) is 0 Å². The van der Waals surface area contributed by atoms with E-state index in [2.05, 4.69) is 0 Å². The van der Waals surface area contributed by atoms with Crippen LogP contribution >= 0.6 is 15.9 Å². The first-order chi connectivity index (χ1) is 6.32. The van der Waals surface area contributed by atoms with Crippen molar-refractivity contribution in [1.29, 1.82) is 0 Å². The molecule has 0 fully saturated rings. The Morgan fingerprint density at radius 1 is 1.43 bits per heavy atom. The molecule has 0 N–H and O–H groups in total. The van der Waals surface area contributed by atoms with Crippen LogP contribution in [0.3, 0.4) is 0 Å². The van der Waals surface area contributed by atoms with Crippen LogP contribution in [0, 0.1) is 12.7 Å². The van der Waals surface area contributed by atoms with Crippen LogP contribution in [-0.2, 0) is 0 Å². The van der Waals surface area contributed by atoms with E-state index in [-0.39, 0.29) is 11.1 Å². The Balaban J connectivity index is 3.15. The molecule has 0 aliphatic carbocycles. The van der Waals surface area contributed by atoms with Crippen molar-refractivity contribution in [3.05, 3.63) is 35.1 Å². The van der Waals surface area contributed by atoms with Gasteiger partial charge in [0, 0.05) is 5.56 Å². The quantitative estimate of drug-likeness (QED) is 0.593. The second kappa shape index (κ2) is 3.73. The van der Waals surface area contributed by atoms with E-state index in [9.17, 15) is 18.0 Å². The lowest BCUT2D eigenvalue weighted by Gasteiger charge is -2.09. The van der Waals surface area contributed by atoms with Gasteiger partial charge in [-0.3, -0.25) is 4.79 Å². The molecule has 0 heterocycles. The number of alkyl halides is 3. The van der Waals surface area contributed by atoms with E-state index in [1.54, 1.807) is 0 Å². The zero-order chi connectivity index (χ0) is 10.9. The molecule has 0 amide bonds. The van der Waals surface area contributed by atoms with Crippen LogP contribution < -0.4 is 0 Å². The van der Waals surface area contributed by atoms with Crippen molar-refractivity contribution in [2.75, 3.05) is 0 Å². The highest BCUT2D eigenvalue weighted by molar-refractivity contribution is 9.10. The van der Waals surface area contributed by atoms with Crippen molar-refractivity contribution in [2.24, 2.45) is 0 Å². The summed E-state index contributed by atoms with van der Waals surface area (Å²) in [5, 5.41) is 0. The maximum absolute atomic E-state index is 12.6. The van der Waals surface area contributed by atoms with Gasteiger partial charge in [0.1, 0.15) is 5.82 Å². The topological polar surface area (TPSA) is 17.1 Å². The summed E-state index contributed by atoms with van der Waals surface area (Å²) < 4.78 is 37.7. The van der Waals surface area contributed by atoms with E-state index >= 15 is 0 Å². The van der Waals surface area contributed by atoms with Gasteiger partial charge in [0.25, 0.3) is 0 Å². The number of ketones is 1. The first-order valence-corrected chi connectivity index (χ1v) is 4.49. The van der Waals surface area contributed by atoms with Crippen LogP contribution in [0.15, 0.2) is 18.2 Å². The minimum absolute atomic E-state index is 0.187. The number of benzene rings is 1. The van der Waals surface area contributed by atoms with Gasteiger partial charge in [-0.25, -0.2) is 4.39 Å². The minimum atomic E-state index is -3.60. The number of hydrogen-bond donors (Lipinski definition) is 0. The molecule has 0 spiro atoms. The number of carbonyl (C=O) groups excluding carboxylic acids is 1. The monoisotopic (exact) mass is 266 g/mol. The van der Waals surface area contributed by atoms with E-state index in [4.69, 9.17) is 0 Å². The third-order valence-electron chi connectivity index (χ3n) is 1.69. The standard InChI is InChI=1S/C9H6BrF3O/c1-5-4-6(11)2-3-7(5)8(14)9(10,12)13/h2-4H,1H3. The van der Waals surface area contributed by atoms with E-state index in [0.29, 0.717) is 0 Å². The number of halogens is 4. The molecule has 0 aliphatic heterocycles. The van der Waals surface area contributed by atoms with Gasteiger partial charge in [-0.2, -0.15) is 8.78 Å². The molecule has 5 heteroatoms. The fourth-order valence-corrected chi connectivity index (χ4v) is 1.25. The molecule has 14 heavy (non-hydrogen) atoms. The summed E-state index contributed by atoms with van der Waals surface area (Å²) in [6, 6.07) is 3.05. The lowest BCUT2D eigenvalue weighted by Crippen LogP contribution is -2.21. The van der Waals surface area contributed by atoms with Gasteiger partial charge in [-0.15, -0.1) is 0 Å². The van der Waals surface area contributed by atoms with Crippen LogP contribution in [0.25, 0.3) is 0 Å². The largest absolute Gasteiger partial charge is 0.363 e. The van der Waals surface area contributed by atoms with E-state index < -0.39 is 16.4 Å². The van der Waals surface area contributed by atoms with Gasteiger partial charge in [-0.05, 0) is 46.6 Å². The molecule has 0 bridgehead atoms. The van der Waals surface area contributed by atoms with Gasteiger partial charge in [0.2, 0.25) is 5.78 Å². The molecular formula is C9H6BrF3O. The molecule has 0 saturated carbocycles. The smallest absolute Gasteiger partial charge is 0.286 e. The molecule has 1 aromatic rings. The molecular weight excluding hydrogens is 261 g/mol. The Kier molecular flexibility index (Phi) is 2.99. The summed E-state index contributed by atoms with van der Waals surface area (Å²) in [7, 11) is 0. The Bertz CT molecular complexity index is 371. The van der Waals surface area contributed by atoms with Gasteiger partial charge in [0.05, 0.1) is 0 Å². The zero-order valence-corrected chi connectivity index (χ0v) is 8.74. The molecule has 0 saturated heterocycles. The van der Waals surface area contributed by atoms with Crippen molar-refractivity contribution < 1.29 is 18.0 Å². The second-order valence-electron chi connectivity index (χ2n) is 2.79. The van der Waals surface area contributed by atoms with E-state index in [0.717, 1.165) is 18.2 Å². The van der Waals surface area contributed by atoms with Crippen molar-refractivity contribution >= 4 is 21.7 Å². The van der Waals surface area contributed by atoms with Crippen LogP contribution in [-0.4, -0.2) is 10.6 Å². The zero-order valence-electron chi connectivity index (χ0n) is 7.15. The summed E-state index contributed by atoms with van der Waals surface area (Å²) in [6.45, 7) is 1.40. The van der Waals surface area contributed by atoms with Crippen molar-refractivity contribution in [3.8, 4) is 0 Å². The lowest BCUT2D eigenvalue weighted by molar-refractivity contribution is 0.0592. The summed E-state index contributed by atoms with van der Waals surface area (Å²) in [4.78, 5) is 7.48. The van der Waals surface area contributed by atoms with Crippen LogP contribution in [0.5, 0.6) is 0 Å². The molecule has 0 unspecified atom stereocenters. The molecule has 0 atom stereocenters. The first kappa shape index (κ1) is 11.2. The Hall–Kier alpha value is -0.840. The van der Waals surface area contributed by atoms with Gasteiger partial charge >= 0.3 is 4.83 Å². The minimum Gasteiger partial charge on any atom is -0.286 e. The average Bonchev–Trinajstić information content (AvgIpc) is 2.01. The number of rotatable bonds is 2. The van der Waals surface area contributed by atoms with Gasteiger partial charge in [0.15, 0.2) is 0 Å². The molecule has 1 nitrogen and oxygen atoms in total. The highest BCUT2D eigenvalue weighted by Gasteiger charge is 2.36. The molecule has 76 valence electrons. The fraction of sp³-hybridized carbons (Fsp3) is 0.222. The third kappa shape index (κ3) is 2.35. The van der Waals surface area contributed by atoms with Crippen LogP contribution in [0.2, 0.25) is 0 Å². The Morgan fingerprint density at radius 2 is 2.00 bits per heavy atom. The Morgan fingerprint density at radius 3 is 2.43 bits per heavy atom. The maximum atomic E-state index is 12.6. The summed E-state index contributed by atoms with van der Waals surface area (Å²) in [6.07, 6.45) is 0. The average molecular weight is 267 g/mol. The molecule has 1 rings (SSSR count). The predicted octanol–water partition coefficient (Wildman–Crippen LogP) is 3.30. The number of Topliss-reactive ketones (excluding diaryl/α,β-unsaturated/α-hetero) is 1.